The molecular formula is C35H65N11O13. The number of carboxylic acids is 1. The van der Waals surface area contributed by atoms with E-state index in [-0.39, 0.29) is 37.7 Å². The first kappa shape index (κ1) is 53.8. The van der Waals surface area contributed by atoms with Crippen molar-refractivity contribution in [2.75, 3.05) is 26.3 Å². The first-order valence-corrected chi connectivity index (χ1v) is 19.3. The Labute approximate surface area is 342 Å². The van der Waals surface area contributed by atoms with Crippen LogP contribution in [0.2, 0.25) is 0 Å². The third-order valence-corrected chi connectivity index (χ3v) is 9.09. The van der Waals surface area contributed by atoms with Gasteiger partial charge in [-0.3, -0.25) is 39.0 Å². The molecule has 0 fully saturated rings. The maximum atomic E-state index is 13.8. The number of carbonyl (C=O) groups is 8. The molecule has 0 heterocycles. The van der Waals surface area contributed by atoms with Crippen molar-refractivity contribution < 1.29 is 63.9 Å². The monoisotopic (exact) mass is 847 g/mol. The number of aliphatic hydroxyl groups excluding tert-OH is 4. The largest absolute Gasteiger partial charge is 0.480 e. The van der Waals surface area contributed by atoms with Crippen molar-refractivity contribution in [1.82, 2.24) is 42.5 Å². The van der Waals surface area contributed by atoms with Gasteiger partial charge in [-0.1, -0.05) is 47.5 Å². The minimum absolute atomic E-state index is 0.0355. The molecule has 0 aromatic rings. The van der Waals surface area contributed by atoms with Crippen molar-refractivity contribution in [2.24, 2.45) is 23.3 Å². The number of hydrogen-bond donors (Lipinski definition) is 16. The average molecular weight is 848 g/mol. The Bertz CT molecular complexity index is 1440. The zero-order valence-electron chi connectivity index (χ0n) is 34.4. The predicted octanol–water partition coefficient (Wildman–Crippen LogP) is -6.08. The number of rotatable bonds is 28. The normalized spacial score (nSPS) is 16.2. The van der Waals surface area contributed by atoms with E-state index in [1.807, 2.05) is 5.32 Å². The zero-order valence-corrected chi connectivity index (χ0v) is 34.4. The maximum Gasteiger partial charge on any atom is 0.328 e. The van der Waals surface area contributed by atoms with Gasteiger partial charge in [0.1, 0.15) is 42.3 Å². The van der Waals surface area contributed by atoms with E-state index in [4.69, 9.17) is 27.1 Å². The van der Waals surface area contributed by atoms with Gasteiger partial charge in [-0.25, -0.2) is 4.79 Å². The summed E-state index contributed by atoms with van der Waals surface area (Å²) in [5.41, 5.74) is 11.3. The summed E-state index contributed by atoms with van der Waals surface area (Å²) >= 11 is 0. The molecule has 18 N–H and O–H groups in total. The van der Waals surface area contributed by atoms with Crippen molar-refractivity contribution >= 4 is 53.3 Å². The Hall–Kier alpha value is -5.17. The van der Waals surface area contributed by atoms with E-state index in [0.29, 0.717) is 12.8 Å². The van der Waals surface area contributed by atoms with Crippen LogP contribution in [0.1, 0.15) is 73.6 Å². The van der Waals surface area contributed by atoms with E-state index >= 15 is 0 Å². The molecule has 0 aromatic carbocycles. The van der Waals surface area contributed by atoms with Crippen molar-refractivity contribution in [3.05, 3.63) is 0 Å². The predicted molar refractivity (Wildman–Crippen MR) is 210 cm³/mol. The second kappa shape index (κ2) is 27.5. The van der Waals surface area contributed by atoms with Gasteiger partial charge < -0.3 is 79.5 Å². The van der Waals surface area contributed by atoms with Gasteiger partial charge in [0.05, 0.1) is 32.0 Å². The summed E-state index contributed by atoms with van der Waals surface area (Å²) < 4.78 is 0. The fourth-order valence-electron chi connectivity index (χ4n) is 5.24. The summed E-state index contributed by atoms with van der Waals surface area (Å²) in [6.45, 7) is 6.92. The minimum Gasteiger partial charge on any atom is -0.480 e. The number of hydrogen-bond acceptors (Lipinski definition) is 14. The zero-order chi connectivity index (χ0) is 45.6. The smallest absolute Gasteiger partial charge is 0.328 e. The summed E-state index contributed by atoms with van der Waals surface area (Å²) in [5.74, 6) is -9.42. The van der Waals surface area contributed by atoms with Crippen LogP contribution in [0.25, 0.3) is 0 Å². The van der Waals surface area contributed by atoms with Gasteiger partial charge in [0.25, 0.3) is 0 Å². The summed E-state index contributed by atoms with van der Waals surface area (Å²) in [5, 5.41) is 74.5. The molecule has 0 aliphatic rings. The van der Waals surface area contributed by atoms with Crippen LogP contribution in [0.5, 0.6) is 0 Å². The molecule has 0 radical (unpaired) electrons. The Kier molecular flexibility index (Phi) is 25.1. The molecule has 0 unspecified atom stereocenters. The molecule has 0 aromatic heterocycles. The van der Waals surface area contributed by atoms with E-state index in [1.165, 1.54) is 0 Å². The number of aliphatic hydroxyl groups is 4. The molecular weight excluding hydrogens is 782 g/mol. The standard InChI is InChI=1S/C35H65N11O13/c1-7-10-19(43-31(55)24(36)27(51)16(3)4)28(52)42-20(11-9-12-39-35(37)38)29(53)45-25(17(5)8-2)33(57)46-26(18(6)49)32(56)40-13-23(50)41-21(14-47)30(54)44-22(15-48)34(58)59/h16-22,24-27,47-49,51H,7-15,36H2,1-6H3,(H,40,56)(H,41,50)(H,42,52)(H,43,55)(H,44,54)(H,45,53)(H,46,57)(H,58,59)(H4,37,38,39)/t17-,18-,19-,20+,21-,22-,24-,25-,26-,27+/m0/s1. The van der Waals surface area contributed by atoms with Crippen molar-refractivity contribution in [3.8, 4) is 0 Å². The summed E-state index contributed by atoms with van der Waals surface area (Å²) in [4.78, 5) is 103. The number of carbonyl (C=O) groups excluding carboxylic acids is 7. The summed E-state index contributed by atoms with van der Waals surface area (Å²) in [6.07, 6.45) is -1.71. The van der Waals surface area contributed by atoms with Crippen LogP contribution in [-0.2, 0) is 38.4 Å². The van der Waals surface area contributed by atoms with Crippen LogP contribution < -0.4 is 54.0 Å². The molecule has 24 nitrogen and oxygen atoms in total. The lowest BCUT2D eigenvalue weighted by Crippen LogP contribution is -2.62. The third-order valence-electron chi connectivity index (χ3n) is 9.09. The Morgan fingerprint density at radius 3 is 1.64 bits per heavy atom. The molecule has 0 saturated heterocycles. The van der Waals surface area contributed by atoms with Crippen molar-refractivity contribution in [1.29, 1.82) is 5.41 Å². The average Bonchev–Trinajstić information content (AvgIpc) is 3.18. The molecule has 338 valence electrons. The van der Waals surface area contributed by atoms with E-state index in [1.54, 1.807) is 34.6 Å². The molecule has 0 saturated carbocycles. The molecule has 0 bridgehead atoms. The second-order valence-electron chi connectivity index (χ2n) is 14.4. The maximum absolute atomic E-state index is 13.8. The quantitative estimate of drug-likeness (QED) is 0.0198. The second-order valence-corrected chi connectivity index (χ2v) is 14.4. The molecule has 7 amide bonds. The number of aliphatic carboxylic acids is 1. The molecule has 0 rings (SSSR count). The Morgan fingerprint density at radius 1 is 0.644 bits per heavy atom. The number of amides is 7. The van der Waals surface area contributed by atoms with Gasteiger partial charge in [0.2, 0.25) is 41.4 Å². The number of carboxylic acid groups (broad SMARTS) is 1. The lowest BCUT2D eigenvalue weighted by Gasteiger charge is -2.30. The fourth-order valence-corrected chi connectivity index (χ4v) is 5.24. The highest BCUT2D eigenvalue weighted by molar-refractivity contribution is 5.97. The minimum atomic E-state index is -1.72. The van der Waals surface area contributed by atoms with Crippen LogP contribution in [0.4, 0.5) is 0 Å². The van der Waals surface area contributed by atoms with Gasteiger partial charge in [-0.15, -0.1) is 0 Å². The van der Waals surface area contributed by atoms with Crippen LogP contribution in [0, 0.1) is 17.2 Å². The van der Waals surface area contributed by atoms with Crippen molar-refractivity contribution in [3.63, 3.8) is 0 Å². The third kappa shape index (κ3) is 19.4. The van der Waals surface area contributed by atoms with Gasteiger partial charge in [0, 0.05) is 6.54 Å². The van der Waals surface area contributed by atoms with Gasteiger partial charge in [0.15, 0.2) is 5.96 Å². The molecule has 0 spiro atoms. The van der Waals surface area contributed by atoms with E-state index in [9.17, 15) is 53.7 Å². The Balaban J connectivity index is 6.08. The highest BCUT2D eigenvalue weighted by atomic mass is 16.4. The molecule has 59 heavy (non-hydrogen) atoms. The lowest BCUT2D eigenvalue weighted by atomic mass is 9.96. The Morgan fingerprint density at radius 2 is 1.15 bits per heavy atom. The number of guanidine groups is 1. The van der Waals surface area contributed by atoms with Crippen molar-refractivity contribution in [2.45, 2.75) is 128 Å². The van der Waals surface area contributed by atoms with Gasteiger partial charge in [-0.2, -0.15) is 0 Å². The molecule has 24 heteroatoms. The van der Waals surface area contributed by atoms with Crippen LogP contribution in [0.3, 0.4) is 0 Å². The molecule has 10 atom stereocenters. The number of nitrogens with one attached hydrogen (secondary N) is 9. The summed E-state index contributed by atoms with van der Waals surface area (Å²) in [7, 11) is 0. The molecule has 0 aliphatic carbocycles. The molecule has 0 aliphatic heterocycles. The van der Waals surface area contributed by atoms with Crippen LogP contribution >= 0.6 is 0 Å². The lowest BCUT2D eigenvalue weighted by molar-refractivity contribution is -0.143. The topological polar surface area (TPSA) is 410 Å². The SMILES string of the molecule is CCC[C@H](NC(=O)[C@@H](N)[C@H](O)C(C)C)C(=O)N[C@H](CCCNC(=N)N)C(=O)N[C@H](C(=O)N[C@H](C(=O)NCC(=O)N[C@@H](CO)C(=O)N[C@@H](CO)C(=O)O)[C@H](C)O)[C@@H](C)CC. The first-order valence-electron chi connectivity index (χ1n) is 19.3. The van der Waals surface area contributed by atoms with Gasteiger partial charge in [-0.05, 0) is 38.0 Å². The fraction of sp³-hybridized carbons (Fsp3) is 0.743. The van der Waals surface area contributed by atoms with Crippen LogP contribution in [-0.4, -0.2) is 160 Å². The number of nitrogens with two attached hydrogens (primary N) is 2. The van der Waals surface area contributed by atoms with Gasteiger partial charge >= 0.3 is 5.97 Å². The van der Waals surface area contributed by atoms with E-state index in [2.05, 4.69) is 37.2 Å². The van der Waals surface area contributed by atoms with E-state index < -0.39 is 127 Å². The first-order chi connectivity index (χ1) is 27.6. The van der Waals surface area contributed by atoms with Crippen LogP contribution in [0.15, 0.2) is 0 Å². The highest BCUT2D eigenvalue weighted by Gasteiger charge is 2.36. The highest BCUT2D eigenvalue weighted by Crippen LogP contribution is 2.12. The van der Waals surface area contributed by atoms with E-state index in [0.717, 1.165) is 6.92 Å². The summed E-state index contributed by atoms with van der Waals surface area (Å²) in [6, 6.07) is -10.2.